The summed E-state index contributed by atoms with van der Waals surface area (Å²) in [5.74, 6) is 0.745. The van der Waals surface area contributed by atoms with Gasteiger partial charge in [-0.25, -0.2) is 8.42 Å². The third kappa shape index (κ3) is 3.08. The zero-order valence-corrected chi connectivity index (χ0v) is 15.4. The molecule has 1 aliphatic rings. The summed E-state index contributed by atoms with van der Waals surface area (Å²) in [6, 6.07) is 7.43. The summed E-state index contributed by atoms with van der Waals surface area (Å²) >= 11 is 0. The van der Waals surface area contributed by atoms with Crippen molar-refractivity contribution >= 4 is 10.0 Å². The minimum atomic E-state index is -3.54. The molecule has 1 aromatic carbocycles. The van der Waals surface area contributed by atoms with Crippen LogP contribution in [-0.2, 0) is 23.6 Å². The predicted molar refractivity (Wildman–Crippen MR) is 93.6 cm³/mol. The Bertz CT molecular complexity index is 828. The van der Waals surface area contributed by atoms with E-state index in [0.29, 0.717) is 11.4 Å². The van der Waals surface area contributed by atoms with E-state index in [1.54, 1.807) is 23.5 Å². The number of benzene rings is 1. The molecule has 3 rings (SSSR count). The monoisotopic (exact) mass is 348 g/mol. The van der Waals surface area contributed by atoms with Gasteiger partial charge in [-0.1, -0.05) is 0 Å². The average Bonchev–Trinajstić information content (AvgIpc) is 3.27. The number of methoxy groups -OCH3 is 1. The summed E-state index contributed by atoms with van der Waals surface area (Å²) in [6.45, 7) is 4.16. The van der Waals surface area contributed by atoms with Crippen LogP contribution in [0.5, 0.6) is 5.75 Å². The van der Waals surface area contributed by atoms with E-state index in [0.717, 1.165) is 35.4 Å². The number of ether oxygens (including phenoxy) is 1. The first kappa shape index (κ1) is 17.0. The molecule has 0 unspecified atom stereocenters. The lowest BCUT2D eigenvalue weighted by molar-refractivity contribution is 0.389. The van der Waals surface area contributed by atoms with Crippen LogP contribution in [0.3, 0.4) is 0 Å². The lowest BCUT2D eigenvalue weighted by atomic mass is 10.1. The van der Waals surface area contributed by atoms with E-state index in [1.165, 1.54) is 0 Å². The molecule has 1 aromatic heterocycles. The van der Waals surface area contributed by atoms with Gasteiger partial charge in [-0.15, -0.1) is 0 Å². The van der Waals surface area contributed by atoms with Crippen LogP contribution in [0.4, 0.5) is 0 Å². The minimum absolute atomic E-state index is 0.104. The first-order valence-electron chi connectivity index (χ1n) is 8.12. The van der Waals surface area contributed by atoms with Gasteiger partial charge < -0.3 is 9.30 Å². The lowest BCUT2D eigenvalue weighted by Crippen LogP contribution is -2.33. The van der Waals surface area contributed by atoms with E-state index >= 15 is 0 Å². The SMILES string of the molecule is COc1c(C)cc(S(=O)(=O)N(Cc2cccn2C)C2CC2)cc1C. The summed E-state index contributed by atoms with van der Waals surface area (Å²) < 4.78 is 35.4. The quantitative estimate of drug-likeness (QED) is 0.806. The van der Waals surface area contributed by atoms with Crippen LogP contribution in [0.15, 0.2) is 35.4 Å². The summed E-state index contributed by atoms with van der Waals surface area (Å²) in [4.78, 5) is 0.347. The summed E-state index contributed by atoms with van der Waals surface area (Å²) in [5, 5.41) is 0. The van der Waals surface area contributed by atoms with Crippen LogP contribution in [-0.4, -0.2) is 30.4 Å². The average molecular weight is 348 g/mol. The van der Waals surface area contributed by atoms with Crippen molar-refractivity contribution in [3.8, 4) is 5.75 Å². The van der Waals surface area contributed by atoms with Crippen molar-refractivity contribution in [3.05, 3.63) is 47.3 Å². The maximum absolute atomic E-state index is 13.2. The molecule has 0 bridgehead atoms. The molecule has 6 heteroatoms. The molecule has 0 N–H and O–H groups in total. The molecule has 0 radical (unpaired) electrons. The second kappa shape index (κ2) is 6.26. The van der Waals surface area contributed by atoms with Gasteiger partial charge in [-0.3, -0.25) is 0 Å². The molecular formula is C18H24N2O3S. The molecule has 1 heterocycles. The summed E-state index contributed by atoms with van der Waals surface area (Å²) in [5.41, 5.74) is 2.67. The fourth-order valence-corrected chi connectivity index (χ4v) is 4.94. The zero-order valence-electron chi connectivity index (χ0n) is 14.6. The number of sulfonamides is 1. The van der Waals surface area contributed by atoms with E-state index in [1.807, 2.05) is 43.8 Å². The Kier molecular flexibility index (Phi) is 4.44. The third-order valence-electron chi connectivity index (χ3n) is 4.57. The molecule has 2 aromatic rings. The number of aryl methyl sites for hydroxylation is 3. The topological polar surface area (TPSA) is 51.5 Å². The lowest BCUT2D eigenvalue weighted by Gasteiger charge is -2.23. The molecule has 1 saturated carbocycles. The Morgan fingerprint density at radius 2 is 1.88 bits per heavy atom. The van der Waals surface area contributed by atoms with Crippen molar-refractivity contribution in [2.45, 2.75) is 44.2 Å². The number of hydrogen-bond acceptors (Lipinski definition) is 3. The Hall–Kier alpha value is -1.79. The predicted octanol–water partition coefficient (Wildman–Crippen LogP) is 3.00. The second-order valence-electron chi connectivity index (χ2n) is 6.48. The zero-order chi connectivity index (χ0) is 17.5. The number of nitrogens with zero attached hydrogens (tertiary/aromatic N) is 2. The number of rotatable bonds is 6. The highest BCUT2D eigenvalue weighted by atomic mass is 32.2. The van der Waals surface area contributed by atoms with Gasteiger partial charge in [-0.05, 0) is 62.1 Å². The van der Waals surface area contributed by atoms with Crippen LogP contribution in [0.25, 0.3) is 0 Å². The maximum Gasteiger partial charge on any atom is 0.243 e. The van der Waals surface area contributed by atoms with E-state index in [2.05, 4.69) is 0 Å². The standard InChI is InChI=1S/C18H24N2O3S/c1-13-10-17(11-14(2)18(13)23-4)24(21,22)20(15-7-8-15)12-16-6-5-9-19(16)3/h5-6,9-11,15H,7-8,12H2,1-4H3. The highest BCUT2D eigenvalue weighted by molar-refractivity contribution is 7.89. The van der Waals surface area contributed by atoms with Crippen LogP contribution in [0.2, 0.25) is 0 Å². The highest BCUT2D eigenvalue weighted by Gasteiger charge is 2.38. The summed E-state index contributed by atoms with van der Waals surface area (Å²) in [7, 11) is 0.00955. The molecule has 5 nitrogen and oxygen atoms in total. The van der Waals surface area contributed by atoms with Crippen molar-refractivity contribution in [2.75, 3.05) is 7.11 Å². The van der Waals surface area contributed by atoms with Gasteiger partial charge in [-0.2, -0.15) is 4.31 Å². The van der Waals surface area contributed by atoms with Crippen LogP contribution >= 0.6 is 0 Å². The Morgan fingerprint density at radius 3 is 2.33 bits per heavy atom. The van der Waals surface area contributed by atoms with Gasteiger partial charge in [0.25, 0.3) is 0 Å². The fourth-order valence-electron chi connectivity index (χ4n) is 3.11. The summed E-state index contributed by atoms with van der Waals surface area (Å²) in [6.07, 6.45) is 3.80. The van der Waals surface area contributed by atoms with Crippen LogP contribution in [0.1, 0.15) is 29.7 Å². The Morgan fingerprint density at radius 1 is 1.25 bits per heavy atom. The normalized spacial score (nSPS) is 15.0. The van der Waals surface area contributed by atoms with Crippen LogP contribution < -0.4 is 4.74 Å². The van der Waals surface area contributed by atoms with E-state index in [9.17, 15) is 8.42 Å². The van der Waals surface area contributed by atoms with E-state index < -0.39 is 10.0 Å². The van der Waals surface area contributed by atoms with Crippen molar-refractivity contribution < 1.29 is 13.2 Å². The van der Waals surface area contributed by atoms with Crippen molar-refractivity contribution in [2.24, 2.45) is 7.05 Å². The molecular weight excluding hydrogens is 324 g/mol. The fraction of sp³-hybridized carbons (Fsp3) is 0.444. The third-order valence-corrected chi connectivity index (χ3v) is 6.44. The molecule has 1 fully saturated rings. The smallest absolute Gasteiger partial charge is 0.243 e. The second-order valence-corrected chi connectivity index (χ2v) is 8.37. The molecule has 0 atom stereocenters. The maximum atomic E-state index is 13.2. The van der Waals surface area contributed by atoms with Gasteiger partial charge in [0, 0.05) is 25.0 Å². The van der Waals surface area contributed by atoms with Gasteiger partial charge in [0.15, 0.2) is 0 Å². The van der Waals surface area contributed by atoms with E-state index in [-0.39, 0.29) is 6.04 Å². The van der Waals surface area contributed by atoms with Crippen molar-refractivity contribution in [3.63, 3.8) is 0 Å². The van der Waals surface area contributed by atoms with Gasteiger partial charge in [0.2, 0.25) is 10.0 Å². The van der Waals surface area contributed by atoms with E-state index in [4.69, 9.17) is 4.74 Å². The number of aromatic nitrogens is 1. The molecule has 1 aliphatic carbocycles. The molecule has 0 saturated heterocycles. The molecule has 24 heavy (non-hydrogen) atoms. The number of hydrogen-bond donors (Lipinski definition) is 0. The van der Waals surface area contributed by atoms with Gasteiger partial charge in [0.05, 0.1) is 18.6 Å². The van der Waals surface area contributed by atoms with Crippen LogP contribution in [0, 0.1) is 13.8 Å². The van der Waals surface area contributed by atoms with Crippen molar-refractivity contribution in [1.82, 2.24) is 8.87 Å². The largest absolute Gasteiger partial charge is 0.496 e. The van der Waals surface area contributed by atoms with Gasteiger partial charge >= 0.3 is 0 Å². The van der Waals surface area contributed by atoms with Gasteiger partial charge in [0.1, 0.15) is 5.75 Å². The molecule has 0 spiro atoms. The molecule has 0 aliphatic heterocycles. The Balaban J connectivity index is 1.99. The minimum Gasteiger partial charge on any atom is -0.496 e. The highest BCUT2D eigenvalue weighted by Crippen LogP contribution is 2.35. The Labute approximate surface area is 143 Å². The molecule has 0 amide bonds. The first-order valence-corrected chi connectivity index (χ1v) is 9.56. The first-order chi connectivity index (χ1) is 11.3. The molecule has 130 valence electrons. The van der Waals surface area contributed by atoms with Crippen molar-refractivity contribution in [1.29, 1.82) is 0 Å².